The summed E-state index contributed by atoms with van der Waals surface area (Å²) in [5.41, 5.74) is 2.31. The van der Waals surface area contributed by atoms with Gasteiger partial charge in [-0.3, -0.25) is 0 Å². The second-order valence-corrected chi connectivity index (χ2v) is 13.5. The molecule has 3 rings (SSSR count). The van der Waals surface area contributed by atoms with Crippen molar-refractivity contribution in [2.45, 2.75) is 91.0 Å². The van der Waals surface area contributed by atoms with Crippen LogP contribution in [0.3, 0.4) is 0 Å². The first-order chi connectivity index (χ1) is 19.3. The molecule has 0 aliphatic carbocycles. The van der Waals surface area contributed by atoms with Crippen LogP contribution >= 0.6 is 0 Å². The Morgan fingerprint density at radius 3 is 2.12 bits per heavy atom. The number of carbonyl (C=O) groups excluding carboxylic acids is 1. The number of aryl methyl sites for hydroxylation is 1. The van der Waals surface area contributed by atoms with Crippen molar-refractivity contribution in [1.29, 1.82) is 0 Å². The summed E-state index contributed by atoms with van der Waals surface area (Å²) in [6, 6.07) is 18.3. The predicted molar refractivity (Wildman–Crippen MR) is 168 cm³/mol. The fraction of sp³-hybridized carbons (Fsp3) is 0.441. The van der Waals surface area contributed by atoms with Gasteiger partial charge >= 0.3 is 254 Å². The van der Waals surface area contributed by atoms with E-state index in [1.807, 2.05) is 35.2 Å². The van der Waals surface area contributed by atoms with Crippen LogP contribution in [0.1, 0.15) is 90.2 Å². The maximum atomic E-state index is 15.0. The Morgan fingerprint density at radius 1 is 0.900 bits per heavy atom. The van der Waals surface area contributed by atoms with Gasteiger partial charge in [-0.2, -0.15) is 0 Å². The molecule has 0 unspecified atom stereocenters. The fourth-order valence-corrected chi connectivity index (χ4v) is 8.58. The SMILES string of the molecule is CCCCc1cc(OC)cc(C(CCCC)(CCCC)N(C(C)=O)c2cc(F)ccc2Oc2ccccc2)[c]1[SnH3]. The van der Waals surface area contributed by atoms with Gasteiger partial charge in [0.2, 0.25) is 0 Å². The van der Waals surface area contributed by atoms with Crippen molar-refractivity contribution in [2.24, 2.45) is 0 Å². The number of hydrogen-bond acceptors (Lipinski definition) is 3. The minimum atomic E-state index is -0.656. The first kappa shape index (κ1) is 32.0. The number of benzene rings is 3. The van der Waals surface area contributed by atoms with E-state index in [2.05, 4.69) is 32.9 Å². The van der Waals surface area contributed by atoms with Crippen molar-refractivity contribution in [3.05, 3.63) is 77.6 Å². The summed E-state index contributed by atoms with van der Waals surface area (Å²) < 4.78 is 28.5. The van der Waals surface area contributed by atoms with E-state index < -0.39 is 11.4 Å². The molecule has 3 aromatic carbocycles. The predicted octanol–water partition coefficient (Wildman–Crippen LogP) is 7.59. The molecule has 0 N–H and O–H groups in total. The van der Waals surface area contributed by atoms with Gasteiger partial charge < -0.3 is 0 Å². The molecule has 0 aromatic heterocycles. The molecular formula is C34H46FNO3Sn. The summed E-state index contributed by atoms with van der Waals surface area (Å²) in [6.07, 6.45) is 8.62. The number of para-hydroxylation sites is 1. The van der Waals surface area contributed by atoms with Crippen LogP contribution in [0.2, 0.25) is 0 Å². The molecule has 6 heteroatoms. The van der Waals surface area contributed by atoms with Gasteiger partial charge in [-0.25, -0.2) is 0 Å². The molecule has 0 heterocycles. The number of anilines is 1. The van der Waals surface area contributed by atoms with E-state index in [0.29, 0.717) is 17.2 Å². The van der Waals surface area contributed by atoms with Gasteiger partial charge in [0.1, 0.15) is 0 Å². The molecule has 0 aliphatic heterocycles. The van der Waals surface area contributed by atoms with Crippen LogP contribution in [-0.2, 0) is 16.8 Å². The van der Waals surface area contributed by atoms with E-state index in [9.17, 15) is 4.79 Å². The zero-order valence-corrected chi connectivity index (χ0v) is 30.9. The molecule has 1 amide bonds. The molecule has 0 saturated heterocycles. The molecule has 4 nitrogen and oxygen atoms in total. The number of amides is 1. The topological polar surface area (TPSA) is 38.8 Å². The average Bonchev–Trinajstić information content (AvgIpc) is 2.95. The molecular weight excluding hydrogens is 608 g/mol. The summed E-state index contributed by atoms with van der Waals surface area (Å²) >= 11 is 0.139. The van der Waals surface area contributed by atoms with Crippen LogP contribution in [0.25, 0.3) is 0 Å². The van der Waals surface area contributed by atoms with Gasteiger partial charge in [-0.1, -0.05) is 0 Å². The molecule has 3 aromatic rings. The number of ether oxygens (including phenoxy) is 2. The molecule has 40 heavy (non-hydrogen) atoms. The second-order valence-electron chi connectivity index (χ2n) is 10.7. The molecule has 0 radical (unpaired) electrons. The standard InChI is InChI=1S/C34H43FNO3.Sn.3H/c1-6-9-15-27-22-28(24-31(23-27)38-5)34(20-10-7-2,21-11-8-3)36(26(4)37)32-25-29(35)18-19-33(32)39-30-16-13-12-14-17-30;;;;/h12-14,16-19,23-25H,6-11,15,20-21H2,1-5H3;;;;. The van der Waals surface area contributed by atoms with Crippen LogP contribution in [0.15, 0.2) is 60.7 Å². The number of unbranched alkanes of at least 4 members (excludes halogenated alkanes) is 3. The number of nitrogens with zero attached hydrogens (tertiary/aromatic N) is 1. The first-order valence-electron chi connectivity index (χ1n) is 14.8. The normalized spacial score (nSPS) is 11.4. The molecule has 0 atom stereocenters. The fourth-order valence-electron chi connectivity index (χ4n) is 5.72. The Balaban J connectivity index is 2.36. The van der Waals surface area contributed by atoms with Crippen LogP contribution in [0.5, 0.6) is 17.2 Å². The summed E-state index contributed by atoms with van der Waals surface area (Å²) in [6.45, 7) is 8.17. The minimum absolute atomic E-state index is 0.122. The first-order valence-corrected chi connectivity index (χ1v) is 17.7. The van der Waals surface area contributed by atoms with Crippen molar-refractivity contribution < 1.29 is 18.7 Å². The Morgan fingerprint density at radius 2 is 1.55 bits per heavy atom. The van der Waals surface area contributed by atoms with Crippen molar-refractivity contribution in [1.82, 2.24) is 0 Å². The second kappa shape index (κ2) is 15.5. The van der Waals surface area contributed by atoms with Crippen molar-refractivity contribution in [3.63, 3.8) is 0 Å². The van der Waals surface area contributed by atoms with E-state index in [1.165, 1.54) is 26.8 Å². The zero-order valence-electron chi connectivity index (χ0n) is 25.2. The third-order valence-electron chi connectivity index (χ3n) is 7.79. The Hall–Kier alpha value is -2.54. The Bertz CT molecular complexity index is 1240. The van der Waals surface area contributed by atoms with Gasteiger partial charge in [0.15, 0.2) is 0 Å². The summed E-state index contributed by atoms with van der Waals surface area (Å²) in [4.78, 5) is 15.7. The van der Waals surface area contributed by atoms with E-state index in [0.717, 1.165) is 63.5 Å². The van der Waals surface area contributed by atoms with Gasteiger partial charge in [-0.05, 0) is 0 Å². The van der Waals surface area contributed by atoms with Crippen molar-refractivity contribution >= 4 is 37.7 Å². The van der Waals surface area contributed by atoms with Crippen molar-refractivity contribution in [2.75, 3.05) is 12.0 Å². The molecule has 0 saturated carbocycles. The Kier molecular flexibility index (Phi) is 12.4. The summed E-state index contributed by atoms with van der Waals surface area (Å²) in [5.74, 6) is 1.41. The van der Waals surface area contributed by atoms with Gasteiger partial charge in [-0.15, -0.1) is 0 Å². The van der Waals surface area contributed by atoms with Gasteiger partial charge in [0.05, 0.1) is 0 Å². The number of rotatable bonds is 15. The van der Waals surface area contributed by atoms with E-state index in [1.54, 1.807) is 20.1 Å². The Labute approximate surface area is 253 Å². The molecule has 216 valence electrons. The average molecular weight is 654 g/mol. The van der Waals surface area contributed by atoms with E-state index in [4.69, 9.17) is 9.47 Å². The van der Waals surface area contributed by atoms with Gasteiger partial charge in [0.25, 0.3) is 0 Å². The molecule has 0 spiro atoms. The van der Waals surface area contributed by atoms with Gasteiger partial charge in [0, 0.05) is 0 Å². The number of halogens is 1. The van der Waals surface area contributed by atoms with Crippen LogP contribution < -0.4 is 18.0 Å². The van der Waals surface area contributed by atoms with Crippen LogP contribution in [-0.4, -0.2) is 35.5 Å². The summed E-state index contributed by atoms with van der Waals surface area (Å²) in [5, 5.41) is 0. The quantitative estimate of drug-likeness (QED) is 0.159. The number of hydrogen-bond donors (Lipinski definition) is 0. The monoisotopic (exact) mass is 655 g/mol. The molecule has 0 aliphatic rings. The van der Waals surface area contributed by atoms with E-state index >= 15 is 4.39 Å². The van der Waals surface area contributed by atoms with E-state index in [-0.39, 0.29) is 28.4 Å². The molecule has 0 bridgehead atoms. The van der Waals surface area contributed by atoms with Crippen molar-refractivity contribution in [3.8, 4) is 17.2 Å². The zero-order chi connectivity index (χ0) is 29.1. The maximum absolute atomic E-state index is 15.0. The number of carbonyl (C=O) groups is 1. The van der Waals surface area contributed by atoms with Crippen LogP contribution in [0.4, 0.5) is 10.1 Å². The van der Waals surface area contributed by atoms with Crippen LogP contribution in [0, 0.1) is 5.82 Å². The molecule has 0 fully saturated rings. The number of methoxy groups -OCH3 is 1. The third-order valence-corrected chi connectivity index (χ3v) is 11.2. The summed E-state index contributed by atoms with van der Waals surface area (Å²) in [7, 11) is 1.71. The third kappa shape index (κ3) is 7.59.